The molecule has 6 heteroatoms. The number of nitrogens with two attached hydrogens (primary N) is 1. The Hall–Kier alpha value is -3.64. The molecule has 0 unspecified atom stereocenters. The molecule has 4 N–H and O–H groups in total. The van der Waals surface area contributed by atoms with Crippen molar-refractivity contribution in [3.05, 3.63) is 124 Å². The van der Waals surface area contributed by atoms with E-state index in [0.29, 0.717) is 22.8 Å². The molecule has 5 nitrogen and oxygen atoms in total. The van der Waals surface area contributed by atoms with Crippen molar-refractivity contribution in [1.29, 1.82) is 0 Å². The van der Waals surface area contributed by atoms with Gasteiger partial charge in [-0.3, -0.25) is 9.69 Å². The minimum atomic E-state index is -0.727. The van der Waals surface area contributed by atoms with E-state index in [9.17, 15) is 9.90 Å². The van der Waals surface area contributed by atoms with Gasteiger partial charge in [0.2, 0.25) is 0 Å². The van der Waals surface area contributed by atoms with Crippen LogP contribution in [0.3, 0.4) is 0 Å². The number of benzene rings is 4. The molecule has 0 spiro atoms. The molecule has 1 heterocycles. The van der Waals surface area contributed by atoms with E-state index in [1.165, 1.54) is 11.1 Å². The Kier molecular flexibility index (Phi) is 8.32. The zero-order chi connectivity index (χ0) is 27.2. The van der Waals surface area contributed by atoms with Gasteiger partial charge >= 0.3 is 0 Å². The maximum atomic E-state index is 12.7. The second-order valence-electron chi connectivity index (χ2n) is 10.3. The Balaban J connectivity index is 1.08. The minimum Gasteiger partial charge on any atom is -0.398 e. The average Bonchev–Trinajstić information content (AvgIpc) is 2.96. The van der Waals surface area contributed by atoms with Crippen molar-refractivity contribution < 1.29 is 9.90 Å². The molecular formula is C33H34ClN3O2. The van der Waals surface area contributed by atoms with Crippen LogP contribution >= 0.6 is 11.6 Å². The average molecular weight is 540 g/mol. The summed E-state index contributed by atoms with van der Waals surface area (Å²) in [6, 6.07) is 31.6. The number of nitrogens with zero attached hydrogens (tertiary/aromatic N) is 1. The topological polar surface area (TPSA) is 78.6 Å². The molecular weight excluding hydrogens is 506 g/mol. The third-order valence-electron chi connectivity index (χ3n) is 7.60. The number of carbonyl (C=O) groups excluding carboxylic acids is 1. The highest BCUT2D eigenvalue weighted by Gasteiger charge is 2.33. The van der Waals surface area contributed by atoms with E-state index in [2.05, 4.69) is 34.5 Å². The summed E-state index contributed by atoms with van der Waals surface area (Å²) in [6.07, 6.45) is 2.22. The summed E-state index contributed by atoms with van der Waals surface area (Å²) in [5.74, 6) is -0.174. The molecule has 0 aliphatic carbocycles. The summed E-state index contributed by atoms with van der Waals surface area (Å²) in [5.41, 5.74) is 11.8. The van der Waals surface area contributed by atoms with Gasteiger partial charge in [0.05, 0.1) is 11.2 Å². The highest BCUT2D eigenvalue weighted by Crippen LogP contribution is 2.33. The lowest BCUT2D eigenvalue weighted by Crippen LogP contribution is -2.42. The van der Waals surface area contributed by atoms with Gasteiger partial charge in [-0.05, 0) is 71.3 Å². The number of halogens is 1. The van der Waals surface area contributed by atoms with Gasteiger partial charge in [-0.1, -0.05) is 84.4 Å². The van der Waals surface area contributed by atoms with Crippen LogP contribution in [0.5, 0.6) is 0 Å². The molecule has 4 aromatic carbocycles. The molecule has 39 heavy (non-hydrogen) atoms. The highest BCUT2D eigenvalue weighted by molar-refractivity contribution is 6.30. The number of likely N-dealkylation sites (tertiary alicyclic amines) is 1. The molecule has 200 valence electrons. The second kappa shape index (κ2) is 12.0. The number of aliphatic hydroxyl groups is 1. The van der Waals surface area contributed by atoms with Gasteiger partial charge < -0.3 is 16.2 Å². The highest BCUT2D eigenvalue weighted by atomic mass is 35.5. The van der Waals surface area contributed by atoms with Crippen LogP contribution in [0.15, 0.2) is 97.1 Å². The van der Waals surface area contributed by atoms with Gasteiger partial charge in [0.25, 0.3) is 5.91 Å². The third kappa shape index (κ3) is 6.69. The molecule has 4 aromatic rings. The number of rotatable bonds is 8. The zero-order valence-corrected chi connectivity index (χ0v) is 22.7. The van der Waals surface area contributed by atoms with Crippen LogP contribution in [0, 0.1) is 0 Å². The molecule has 5 rings (SSSR count). The van der Waals surface area contributed by atoms with Gasteiger partial charge in [-0.15, -0.1) is 0 Å². The summed E-state index contributed by atoms with van der Waals surface area (Å²) in [6.45, 7) is 3.12. The van der Waals surface area contributed by atoms with Crippen molar-refractivity contribution in [2.75, 3.05) is 25.4 Å². The monoisotopic (exact) mass is 539 g/mol. The van der Waals surface area contributed by atoms with Gasteiger partial charge in [0.15, 0.2) is 0 Å². The van der Waals surface area contributed by atoms with E-state index in [0.717, 1.165) is 55.6 Å². The Morgan fingerprint density at radius 1 is 0.872 bits per heavy atom. The summed E-state index contributed by atoms with van der Waals surface area (Å²) < 4.78 is 0. The van der Waals surface area contributed by atoms with Gasteiger partial charge in [-0.25, -0.2) is 0 Å². The fraction of sp³-hybridized carbons (Fsp3) is 0.242. The fourth-order valence-corrected chi connectivity index (χ4v) is 5.32. The van der Waals surface area contributed by atoms with Gasteiger partial charge in [0, 0.05) is 36.9 Å². The predicted octanol–water partition coefficient (Wildman–Crippen LogP) is 6.05. The Morgan fingerprint density at radius 2 is 1.51 bits per heavy atom. The SMILES string of the molecule is Nc1cc(-c2ccc(Cl)cc2)ccc1C(=O)NCCc1ccc(CN2CCC(O)(c3ccccc3)CC2)cc1. The first kappa shape index (κ1) is 26.9. The fourth-order valence-electron chi connectivity index (χ4n) is 5.19. The summed E-state index contributed by atoms with van der Waals surface area (Å²) >= 11 is 5.98. The number of piperidine rings is 1. The normalized spacial score (nSPS) is 15.1. The van der Waals surface area contributed by atoms with Crippen molar-refractivity contribution in [3.63, 3.8) is 0 Å². The number of amides is 1. The van der Waals surface area contributed by atoms with Crippen molar-refractivity contribution in [2.24, 2.45) is 0 Å². The summed E-state index contributed by atoms with van der Waals surface area (Å²) in [4.78, 5) is 15.1. The molecule has 0 atom stereocenters. The van der Waals surface area contributed by atoms with Crippen LogP contribution in [0.4, 0.5) is 5.69 Å². The van der Waals surface area contributed by atoms with Crippen molar-refractivity contribution >= 4 is 23.2 Å². The standard InChI is InChI=1S/C33H34ClN3O2/c34-29-13-10-26(11-14-29)27-12-15-30(31(35)22-27)32(38)36-19-16-24-6-8-25(9-7-24)23-37-20-17-33(39,18-21-37)28-4-2-1-3-5-28/h1-15,22,39H,16-21,23,35H2,(H,36,38). The Labute approximate surface area is 235 Å². The lowest BCUT2D eigenvalue weighted by atomic mass is 9.84. The van der Waals surface area contributed by atoms with E-state index >= 15 is 0 Å². The molecule has 1 aliphatic rings. The Morgan fingerprint density at radius 3 is 2.18 bits per heavy atom. The largest absolute Gasteiger partial charge is 0.398 e. The van der Waals surface area contributed by atoms with Gasteiger partial charge in [-0.2, -0.15) is 0 Å². The number of carbonyl (C=O) groups is 1. The van der Waals surface area contributed by atoms with E-state index in [4.69, 9.17) is 17.3 Å². The van der Waals surface area contributed by atoms with Crippen LogP contribution in [0.1, 0.15) is 39.9 Å². The first-order valence-corrected chi connectivity index (χ1v) is 13.8. The van der Waals surface area contributed by atoms with Gasteiger partial charge in [0.1, 0.15) is 0 Å². The number of nitrogens with one attached hydrogen (secondary N) is 1. The summed E-state index contributed by atoms with van der Waals surface area (Å²) in [5, 5.41) is 14.7. The minimum absolute atomic E-state index is 0.174. The summed E-state index contributed by atoms with van der Waals surface area (Å²) in [7, 11) is 0. The van der Waals surface area contributed by atoms with Crippen molar-refractivity contribution in [2.45, 2.75) is 31.4 Å². The lowest BCUT2D eigenvalue weighted by molar-refractivity contribution is -0.0277. The predicted molar refractivity (Wildman–Crippen MR) is 159 cm³/mol. The number of nitrogen functional groups attached to an aromatic ring is 1. The molecule has 1 aliphatic heterocycles. The van der Waals surface area contributed by atoms with E-state index in [1.807, 2.05) is 66.7 Å². The van der Waals surface area contributed by atoms with Crippen molar-refractivity contribution in [3.8, 4) is 11.1 Å². The number of hydrogen-bond acceptors (Lipinski definition) is 4. The smallest absolute Gasteiger partial charge is 0.253 e. The molecule has 1 fully saturated rings. The van der Waals surface area contributed by atoms with Crippen LogP contribution in [-0.2, 0) is 18.6 Å². The van der Waals surface area contributed by atoms with E-state index < -0.39 is 5.60 Å². The molecule has 1 saturated heterocycles. The maximum absolute atomic E-state index is 12.7. The second-order valence-corrected chi connectivity index (χ2v) is 10.7. The zero-order valence-electron chi connectivity index (χ0n) is 21.9. The van der Waals surface area contributed by atoms with Crippen LogP contribution in [-0.4, -0.2) is 35.5 Å². The molecule has 0 bridgehead atoms. The molecule has 0 saturated carbocycles. The van der Waals surface area contributed by atoms with E-state index in [1.54, 1.807) is 6.07 Å². The third-order valence-corrected chi connectivity index (χ3v) is 7.85. The lowest BCUT2D eigenvalue weighted by Gasteiger charge is -2.38. The van der Waals surface area contributed by atoms with Crippen molar-refractivity contribution in [1.82, 2.24) is 10.2 Å². The number of anilines is 1. The molecule has 0 radical (unpaired) electrons. The molecule has 1 amide bonds. The van der Waals surface area contributed by atoms with Crippen LogP contribution < -0.4 is 11.1 Å². The van der Waals surface area contributed by atoms with Crippen LogP contribution in [0.2, 0.25) is 5.02 Å². The first-order chi connectivity index (χ1) is 18.9. The first-order valence-electron chi connectivity index (χ1n) is 13.4. The van der Waals surface area contributed by atoms with Crippen LogP contribution in [0.25, 0.3) is 11.1 Å². The maximum Gasteiger partial charge on any atom is 0.253 e. The molecule has 0 aromatic heterocycles. The number of hydrogen-bond donors (Lipinski definition) is 3. The van der Waals surface area contributed by atoms with E-state index in [-0.39, 0.29) is 5.91 Å². The Bertz CT molecular complexity index is 1400. The quantitative estimate of drug-likeness (QED) is 0.238.